The third kappa shape index (κ3) is 2.51. The second kappa shape index (κ2) is 5.41. The molecule has 22 heavy (non-hydrogen) atoms. The van der Waals surface area contributed by atoms with Crippen LogP contribution >= 0.6 is 0 Å². The van der Waals surface area contributed by atoms with Crippen LogP contribution in [0.5, 0.6) is 0 Å². The zero-order chi connectivity index (χ0) is 15.4. The Morgan fingerprint density at radius 3 is 2.50 bits per heavy atom. The van der Waals surface area contributed by atoms with Crippen molar-refractivity contribution in [3.8, 4) is 0 Å². The Morgan fingerprint density at radius 1 is 1.09 bits per heavy atom. The molecular formula is C15H27N3O3S. The van der Waals surface area contributed by atoms with Crippen LogP contribution in [-0.2, 0) is 14.8 Å². The first-order valence-electron chi connectivity index (χ1n) is 8.52. The number of nitrogens with zero attached hydrogens (tertiary/aromatic N) is 3. The summed E-state index contributed by atoms with van der Waals surface area (Å²) in [5.41, 5.74) is 0.0262. The van der Waals surface area contributed by atoms with Gasteiger partial charge in [-0.05, 0) is 12.8 Å². The standard InChI is InChI=1S/C15H27N3O3S/c1-22(19,20)17-8-14-9-21-7-6-18(14)15(12-17)10-16(11-15)13-4-2-3-5-13/h13-14H,2-12H2,1H3/t14-/m1/s1. The molecule has 3 saturated heterocycles. The molecule has 7 heteroatoms. The van der Waals surface area contributed by atoms with Crippen LogP contribution in [-0.4, -0.2) is 92.3 Å². The molecule has 1 aliphatic carbocycles. The van der Waals surface area contributed by atoms with Crippen LogP contribution < -0.4 is 0 Å². The second-order valence-corrected chi connectivity index (χ2v) is 9.53. The van der Waals surface area contributed by atoms with Crippen LogP contribution in [0.25, 0.3) is 0 Å². The number of sulfonamides is 1. The lowest BCUT2D eigenvalue weighted by Crippen LogP contribution is -2.81. The lowest BCUT2D eigenvalue weighted by Gasteiger charge is -2.64. The summed E-state index contributed by atoms with van der Waals surface area (Å²) in [6, 6.07) is 0.960. The van der Waals surface area contributed by atoms with Gasteiger partial charge in [0.05, 0.1) is 25.0 Å². The van der Waals surface area contributed by atoms with Gasteiger partial charge >= 0.3 is 0 Å². The number of ether oxygens (including phenoxy) is 1. The van der Waals surface area contributed by atoms with E-state index in [0.29, 0.717) is 19.7 Å². The molecule has 3 heterocycles. The van der Waals surface area contributed by atoms with Crippen molar-refractivity contribution in [2.24, 2.45) is 0 Å². The molecule has 0 aromatic carbocycles. The fourth-order valence-electron chi connectivity index (χ4n) is 4.92. The van der Waals surface area contributed by atoms with E-state index in [1.165, 1.54) is 31.9 Å². The number of likely N-dealkylation sites (tertiary alicyclic amines) is 1. The van der Waals surface area contributed by atoms with Gasteiger partial charge in [0.2, 0.25) is 10.0 Å². The van der Waals surface area contributed by atoms with E-state index in [1.807, 2.05) is 0 Å². The van der Waals surface area contributed by atoms with Gasteiger partial charge in [-0.3, -0.25) is 9.80 Å². The Hall–Kier alpha value is -0.210. The van der Waals surface area contributed by atoms with E-state index >= 15 is 0 Å². The first-order valence-corrected chi connectivity index (χ1v) is 10.4. The molecule has 0 radical (unpaired) electrons. The normalized spacial score (nSPS) is 34.7. The van der Waals surface area contributed by atoms with Gasteiger partial charge in [-0.15, -0.1) is 0 Å². The van der Waals surface area contributed by atoms with Crippen LogP contribution in [0.15, 0.2) is 0 Å². The summed E-state index contributed by atoms with van der Waals surface area (Å²) in [6.45, 7) is 5.69. The van der Waals surface area contributed by atoms with E-state index in [1.54, 1.807) is 4.31 Å². The summed E-state index contributed by atoms with van der Waals surface area (Å²) >= 11 is 0. The average molecular weight is 329 g/mol. The molecule has 3 aliphatic heterocycles. The van der Waals surface area contributed by atoms with Crippen LogP contribution in [0.3, 0.4) is 0 Å². The minimum atomic E-state index is -3.13. The van der Waals surface area contributed by atoms with E-state index in [9.17, 15) is 8.42 Å². The summed E-state index contributed by atoms with van der Waals surface area (Å²) < 4.78 is 31.5. The van der Waals surface area contributed by atoms with E-state index in [4.69, 9.17) is 4.74 Å². The maximum Gasteiger partial charge on any atom is 0.211 e. The van der Waals surface area contributed by atoms with Crippen LogP contribution in [0.4, 0.5) is 0 Å². The van der Waals surface area contributed by atoms with Gasteiger partial charge in [0.1, 0.15) is 0 Å². The molecule has 1 atom stereocenters. The van der Waals surface area contributed by atoms with Gasteiger partial charge in [0, 0.05) is 44.8 Å². The van der Waals surface area contributed by atoms with Crippen LogP contribution in [0.1, 0.15) is 25.7 Å². The lowest BCUT2D eigenvalue weighted by atomic mass is 9.82. The summed E-state index contributed by atoms with van der Waals surface area (Å²) in [4.78, 5) is 5.15. The van der Waals surface area contributed by atoms with Crippen molar-refractivity contribution >= 4 is 10.0 Å². The first kappa shape index (κ1) is 15.3. The van der Waals surface area contributed by atoms with E-state index < -0.39 is 10.0 Å². The molecule has 0 bridgehead atoms. The highest BCUT2D eigenvalue weighted by molar-refractivity contribution is 7.88. The molecule has 4 aliphatic rings. The fourth-order valence-corrected chi connectivity index (χ4v) is 5.84. The zero-order valence-corrected chi connectivity index (χ0v) is 14.2. The van der Waals surface area contributed by atoms with Gasteiger partial charge in [-0.1, -0.05) is 12.8 Å². The molecule has 4 rings (SSSR count). The minimum absolute atomic E-state index is 0.0262. The van der Waals surface area contributed by atoms with E-state index in [0.717, 1.165) is 32.3 Å². The maximum atomic E-state index is 12.1. The molecule has 0 unspecified atom stereocenters. The number of fused-ring (bicyclic) bond motifs is 2. The number of hydrogen-bond acceptors (Lipinski definition) is 5. The summed E-state index contributed by atoms with van der Waals surface area (Å²) in [5.74, 6) is 0. The maximum absolute atomic E-state index is 12.1. The van der Waals surface area contributed by atoms with Crippen molar-refractivity contribution in [2.45, 2.75) is 43.3 Å². The average Bonchev–Trinajstić information content (AvgIpc) is 2.96. The Bertz CT molecular complexity index is 526. The van der Waals surface area contributed by atoms with Crippen molar-refractivity contribution in [1.29, 1.82) is 0 Å². The highest BCUT2D eigenvalue weighted by atomic mass is 32.2. The third-order valence-electron chi connectivity index (χ3n) is 6.03. The topological polar surface area (TPSA) is 53.1 Å². The molecule has 6 nitrogen and oxygen atoms in total. The number of morpholine rings is 1. The largest absolute Gasteiger partial charge is 0.378 e. The number of rotatable bonds is 2. The highest BCUT2D eigenvalue weighted by Crippen LogP contribution is 2.39. The molecule has 0 aromatic rings. The van der Waals surface area contributed by atoms with Crippen molar-refractivity contribution in [1.82, 2.24) is 14.1 Å². The molecule has 1 saturated carbocycles. The van der Waals surface area contributed by atoms with Crippen molar-refractivity contribution in [3.63, 3.8) is 0 Å². The minimum Gasteiger partial charge on any atom is -0.378 e. The molecular weight excluding hydrogens is 302 g/mol. The van der Waals surface area contributed by atoms with Crippen molar-refractivity contribution in [3.05, 3.63) is 0 Å². The Balaban J connectivity index is 1.53. The summed E-state index contributed by atoms with van der Waals surface area (Å²) in [7, 11) is -3.13. The van der Waals surface area contributed by atoms with E-state index in [-0.39, 0.29) is 11.6 Å². The van der Waals surface area contributed by atoms with Gasteiger partial charge in [0.25, 0.3) is 0 Å². The second-order valence-electron chi connectivity index (χ2n) is 7.55. The predicted molar refractivity (Wildman–Crippen MR) is 84.3 cm³/mol. The first-order chi connectivity index (χ1) is 10.5. The van der Waals surface area contributed by atoms with Crippen LogP contribution in [0.2, 0.25) is 0 Å². The zero-order valence-electron chi connectivity index (χ0n) is 13.4. The van der Waals surface area contributed by atoms with Crippen molar-refractivity contribution in [2.75, 3.05) is 52.2 Å². The predicted octanol–water partition coefficient (Wildman–Crippen LogP) is -0.0406. The molecule has 1 spiro atoms. The number of hydrogen-bond donors (Lipinski definition) is 0. The molecule has 0 amide bonds. The molecule has 0 N–H and O–H groups in total. The number of piperazine rings is 1. The monoisotopic (exact) mass is 329 g/mol. The smallest absolute Gasteiger partial charge is 0.211 e. The highest BCUT2D eigenvalue weighted by Gasteiger charge is 2.56. The quantitative estimate of drug-likeness (QED) is 0.712. The molecule has 0 aromatic heterocycles. The SMILES string of the molecule is CS(=O)(=O)N1C[C@@H]2COCCN2C2(CN(C3CCCC3)C2)C1. The Kier molecular flexibility index (Phi) is 3.77. The van der Waals surface area contributed by atoms with Crippen LogP contribution in [0, 0.1) is 0 Å². The van der Waals surface area contributed by atoms with Gasteiger partial charge in [0.15, 0.2) is 0 Å². The molecule has 126 valence electrons. The van der Waals surface area contributed by atoms with E-state index in [2.05, 4.69) is 9.80 Å². The van der Waals surface area contributed by atoms with Crippen molar-refractivity contribution < 1.29 is 13.2 Å². The Labute approximate surface area is 133 Å². The Morgan fingerprint density at radius 2 is 1.82 bits per heavy atom. The van der Waals surface area contributed by atoms with Gasteiger partial charge in [-0.25, -0.2) is 8.42 Å². The fraction of sp³-hybridized carbons (Fsp3) is 1.00. The lowest BCUT2D eigenvalue weighted by molar-refractivity contribution is -0.160. The van der Waals surface area contributed by atoms with Gasteiger partial charge in [-0.2, -0.15) is 4.31 Å². The summed E-state index contributed by atoms with van der Waals surface area (Å²) in [6.07, 6.45) is 6.68. The summed E-state index contributed by atoms with van der Waals surface area (Å²) in [5, 5.41) is 0. The van der Waals surface area contributed by atoms with Gasteiger partial charge < -0.3 is 4.74 Å². The molecule has 4 fully saturated rings. The third-order valence-corrected chi connectivity index (χ3v) is 7.24.